The number of hydrogen-bond acceptors (Lipinski definition) is 3. The third-order valence-corrected chi connectivity index (χ3v) is 3.33. The van der Waals surface area contributed by atoms with Crippen LogP contribution >= 0.6 is 0 Å². The minimum atomic E-state index is -0.304. The molecule has 1 aromatic carbocycles. The number of carbonyl (C=O) groups is 2. The summed E-state index contributed by atoms with van der Waals surface area (Å²) in [6.07, 6.45) is 0.847. The summed E-state index contributed by atoms with van der Waals surface area (Å²) in [5.41, 5.74) is 0.947. The second-order valence-electron chi connectivity index (χ2n) is 5.64. The number of nitrogens with one attached hydrogen (secondary N) is 3. The maximum absolute atomic E-state index is 12.1. The molecule has 0 spiro atoms. The van der Waals surface area contributed by atoms with Gasteiger partial charge in [0.1, 0.15) is 0 Å². The van der Waals surface area contributed by atoms with Crippen LogP contribution in [-0.2, 0) is 4.74 Å². The minimum Gasteiger partial charge on any atom is -0.383 e. The molecule has 1 aromatic rings. The van der Waals surface area contributed by atoms with Crippen molar-refractivity contribution in [3.8, 4) is 0 Å². The molecule has 0 radical (unpaired) electrons. The Hall–Kier alpha value is -2.08. The highest BCUT2D eigenvalue weighted by molar-refractivity contribution is 5.95. The number of rotatable bonds is 7. The number of benzene rings is 1. The van der Waals surface area contributed by atoms with Crippen molar-refractivity contribution in [3.05, 3.63) is 29.8 Å². The zero-order valence-electron chi connectivity index (χ0n) is 13.7. The molecule has 0 fully saturated rings. The van der Waals surface area contributed by atoms with E-state index < -0.39 is 0 Å². The second kappa shape index (κ2) is 8.38. The van der Waals surface area contributed by atoms with Gasteiger partial charge in [-0.15, -0.1) is 0 Å². The van der Waals surface area contributed by atoms with E-state index in [2.05, 4.69) is 16.0 Å². The molecule has 0 atom stereocenters. The lowest BCUT2D eigenvalue weighted by atomic mass is 10.0. The number of ether oxygens (including phenoxy) is 1. The van der Waals surface area contributed by atoms with Crippen LogP contribution in [0.3, 0.4) is 0 Å². The standard InChI is InChI=1S/C16H25N3O3/c1-5-16(2,3)19-14(20)12-6-8-13(9-7-12)18-15(21)17-10-11-22-4/h6-9H,5,10-11H2,1-4H3,(H,19,20)(H2,17,18,21). The molecule has 22 heavy (non-hydrogen) atoms. The Morgan fingerprint density at radius 3 is 2.36 bits per heavy atom. The lowest BCUT2D eigenvalue weighted by Gasteiger charge is -2.24. The van der Waals surface area contributed by atoms with Crippen molar-refractivity contribution in [2.75, 3.05) is 25.6 Å². The Morgan fingerprint density at radius 1 is 1.18 bits per heavy atom. The minimum absolute atomic E-state index is 0.122. The van der Waals surface area contributed by atoms with Crippen LogP contribution in [0, 0.1) is 0 Å². The molecular formula is C16H25N3O3. The number of carbonyl (C=O) groups excluding carboxylic acids is 2. The fourth-order valence-corrected chi connectivity index (χ4v) is 1.61. The molecule has 0 bridgehead atoms. The van der Waals surface area contributed by atoms with E-state index in [0.717, 1.165) is 6.42 Å². The molecule has 0 aliphatic rings. The van der Waals surface area contributed by atoms with Gasteiger partial charge < -0.3 is 20.7 Å². The third-order valence-electron chi connectivity index (χ3n) is 3.33. The predicted molar refractivity (Wildman–Crippen MR) is 87.2 cm³/mol. The first kappa shape index (κ1) is 18.0. The van der Waals surface area contributed by atoms with Crippen LogP contribution in [0.25, 0.3) is 0 Å². The van der Waals surface area contributed by atoms with Crippen molar-refractivity contribution in [3.63, 3.8) is 0 Å². The van der Waals surface area contributed by atoms with E-state index in [-0.39, 0.29) is 17.5 Å². The van der Waals surface area contributed by atoms with Gasteiger partial charge in [0.15, 0.2) is 0 Å². The van der Waals surface area contributed by atoms with Gasteiger partial charge in [0.05, 0.1) is 6.61 Å². The average Bonchev–Trinajstić information content (AvgIpc) is 2.48. The van der Waals surface area contributed by atoms with Gasteiger partial charge in [-0.3, -0.25) is 4.79 Å². The van der Waals surface area contributed by atoms with Gasteiger partial charge in [-0.2, -0.15) is 0 Å². The monoisotopic (exact) mass is 307 g/mol. The SMILES string of the molecule is CCC(C)(C)NC(=O)c1ccc(NC(=O)NCCOC)cc1. The van der Waals surface area contributed by atoms with E-state index >= 15 is 0 Å². The highest BCUT2D eigenvalue weighted by Gasteiger charge is 2.18. The van der Waals surface area contributed by atoms with Crippen LogP contribution in [0.15, 0.2) is 24.3 Å². The van der Waals surface area contributed by atoms with Gasteiger partial charge in [0.25, 0.3) is 5.91 Å². The van der Waals surface area contributed by atoms with Crippen LogP contribution in [0.5, 0.6) is 0 Å². The van der Waals surface area contributed by atoms with Crippen LogP contribution in [0.2, 0.25) is 0 Å². The quantitative estimate of drug-likeness (QED) is 0.677. The molecule has 0 saturated carbocycles. The first-order valence-corrected chi connectivity index (χ1v) is 7.34. The second-order valence-corrected chi connectivity index (χ2v) is 5.64. The fraction of sp³-hybridized carbons (Fsp3) is 0.500. The first-order chi connectivity index (χ1) is 10.4. The third kappa shape index (κ3) is 6.13. The Morgan fingerprint density at radius 2 is 1.82 bits per heavy atom. The van der Waals surface area contributed by atoms with Crippen molar-refractivity contribution in [1.29, 1.82) is 0 Å². The van der Waals surface area contributed by atoms with Gasteiger partial charge in [-0.05, 0) is 44.5 Å². The molecule has 122 valence electrons. The maximum Gasteiger partial charge on any atom is 0.319 e. The molecule has 3 N–H and O–H groups in total. The number of methoxy groups -OCH3 is 1. The van der Waals surface area contributed by atoms with Crippen molar-refractivity contribution in [2.45, 2.75) is 32.7 Å². The first-order valence-electron chi connectivity index (χ1n) is 7.34. The Balaban J connectivity index is 2.56. The van der Waals surface area contributed by atoms with Crippen molar-refractivity contribution in [1.82, 2.24) is 10.6 Å². The van der Waals surface area contributed by atoms with Crippen molar-refractivity contribution < 1.29 is 14.3 Å². The fourth-order valence-electron chi connectivity index (χ4n) is 1.61. The summed E-state index contributed by atoms with van der Waals surface area (Å²) < 4.78 is 4.85. The summed E-state index contributed by atoms with van der Waals surface area (Å²) in [6.45, 7) is 6.88. The number of amides is 3. The molecule has 0 aliphatic carbocycles. The summed E-state index contributed by atoms with van der Waals surface area (Å²) in [5, 5.41) is 8.31. The summed E-state index contributed by atoms with van der Waals surface area (Å²) in [6, 6.07) is 6.46. The van der Waals surface area contributed by atoms with Gasteiger partial charge in [0, 0.05) is 30.4 Å². The zero-order chi connectivity index (χ0) is 16.6. The molecule has 0 saturated heterocycles. The number of hydrogen-bond donors (Lipinski definition) is 3. The van der Waals surface area contributed by atoms with Crippen molar-refractivity contribution in [2.24, 2.45) is 0 Å². The normalized spacial score (nSPS) is 10.9. The number of urea groups is 1. The highest BCUT2D eigenvalue weighted by atomic mass is 16.5. The van der Waals surface area contributed by atoms with Crippen LogP contribution < -0.4 is 16.0 Å². The van der Waals surface area contributed by atoms with Crippen molar-refractivity contribution >= 4 is 17.6 Å². The highest BCUT2D eigenvalue weighted by Crippen LogP contribution is 2.12. The van der Waals surface area contributed by atoms with E-state index in [4.69, 9.17) is 4.74 Å². The molecule has 3 amide bonds. The zero-order valence-corrected chi connectivity index (χ0v) is 13.7. The maximum atomic E-state index is 12.1. The van der Waals surface area contributed by atoms with E-state index in [9.17, 15) is 9.59 Å². The molecule has 0 aromatic heterocycles. The van der Waals surface area contributed by atoms with Crippen LogP contribution in [0.4, 0.5) is 10.5 Å². The van der Waals surface area contributed by atoms with Gasteiger partial charge >= 0.3 is 6.03 Å². The molecule has 6 nitrogen and oxygen atoms in total. The molecule has 0 heterocycles. The predicted octanol–water partition coefficient (Wildman–Crippen LogP) is 2.37. The Bertz CT molecular complexity index is 498. The molecule has 6 heteroatoms. The number of anilines is 1. The van der Waals surface area contributed by atoms with E-state index in [1.165, 1.54) is 0 Å². The van der Waals surface area contributed by atoms with Gasteiger partial charge in [-0.1, -0.05) is 6.92 Å². The molecular weight excluding hydrogens is 282 g/mol. The smallest absolute Gasteiger partial charge is 0.319 e. The summed E-state index contributed by atoms with van der Waals surface area (Å²) in [4.78, 5) is 23.7. The van der Waals surface area contributed by atoms with Crippen LogP contribution in [0.1, 0.15) is 37.6 Å². The Labute approximate surface area is 131 Å². The molecule has 0 aliphatic heterocycles. The summed E-state index contributed by atoms with van der Waals surface area (Å²) in [7, 11) is 1.57. The van der Waals surface area contributed by atoms with Crippen LogP contribution in [-0.4, -0.2) is 37.7 Å². The largest absolute Gasteiger partial charge is 0.383 e. The Kier molecular flexibility index (Phi) is 6.85. The lowest BCUT2D eigenvalue weighted by Crippen LogP contribution is -2.42. The van der Waals surface area contributed by atoms with E-state index in [1.807, 2.05) is 20.8 Å². The topological polar surface area (TPSA) is 79.5 Å². The molecule has 1 rings (SSSR count). The molecule has 0 unspecified atom stereocenters. The van der Waals surface area contributed by atoms with Gasteiger partial charge in [0.2, 0.25) is 0 Å². The lowest BCUT2D eigenvalue weighted by molar-refractivity contribution is 0.0911. The van der Waals surface area contributed by atoms with E-state index in [1.54, 1.807) is 31.4 Å². The van der Waals surface area contributed by atoms with E-state index in [0.29, 0.717) is 24.4 Å². The average molecular weight is 307 g/mol. The summed E-state index contributed by atoms with van der Waals surface area (Å²) in [5.74, 6) is -0.122. The summed E-state index contributed by atoms with van der Waals surface area (Å²) >= 11 is 0. The van der Waals surface area contributed by atoms with Gasteiger partial charge in [-0.25, -0.2) is 4.79 Å².